The smallest absolute Gasteiger partial charge is 0.241 e. The van der Waals surface area contributed by atoms with E-state index in [0.29, 0.717) is 25.1 Å². The number of halogens is 1. The molecule has 0 spiro atoms. The summed E-state index contributed by atoms with van der Waals surface area (Å²) in [6.07, 6.45) is 2.22. The number of guanidine groups is 1. The third-order valence-corrected chi connectivity index (χ3v) is 3.91. The molecule has 1 fully saturated rings. The van der Waals surface area contributed by atoms with Crippen molar-refractivity contribution in [3.63, 3.8) is 0 Å². The lowest BCUT2D eigenvalue weighted by molar-refractivity contribution is -0.119. The molecule has 148 valence electrons. The summed E-state index contributed by atoms with van der Waals surface area (Å²) >= 11 is 0. The Hall–Kier alpha value is -0.610. The molecule has 25 heavy (non-hydrogen) atoms. The summed E-state index contributed by atoms with van der Waals surface area (Å²) in [4.78, 5) is 18.6. The maximum Gasteiger partial charge on any atom is 0.241 e. The zero-order chi connectivity index (χ0) is 17.8. The van der Waals surface area contributed by atoms with Crippen molar-refractivity contribution in [1.82, 2.24) is 20.9 Å². The van der Waals surface area contributed by atoms with Gasteiger partial charge in [-0.1, -0.05) is 13.8 Å². The van der Waals surface area contributed by atoms with Crippen LogP contribution in [0.3, 0.4) is 0 Å². The highest BCUT2D eigenvalue weighted by atomic mass is 127. The van der Waals surface area contributed by atoms with Gasteiger partial charge in [-0.2, -0.15) is 0 Å². The van der Waals surface area contributed by atoms with E-state index < -0.39 is 0 Å². The van der Waals surface area contributed by atoms with Crippen molar-refractivity contribution < 1.29 is 9.53 Å². The van der Waals surface area contributed by atoms with Crippen LogP contribution in [0.5, 0.6) is 0 Å². The van der Waals surface area contributed by atoms with E-state index in [0.717, 1.165) is 38.4 Å². The molecule has 0 unspecified atom stereocenters. The lowest BCUT2D eigenvalue weighted by Crippen LogP contribution is -2.49. The van der Waals surface area contributed by atoms with Crippen molar-refractivity contribution in [1.29, 1.82) is 0 Å². The number of carbonyl (C=O) groups is 1. The van der Waals surface area contributed by atoms with Crippen molar-refractivity contribution in [2.24, 2.45) is 10.9 Å². The van der Waals surface area contributed by atoms with Crippen LogP contribution < -0.4 is 16.0 Å². The number of nitrogens with zero attached hydrogens (tertiary/aromatic N) is 2. The normalized spacial score (nSPS) is 16.4. The predicted molar refractivity (Wildman–Crippen MR) is 114 cm³/mol. The fourth-order valence-electron chi connectivity index (χ4n) is 2.79. The summed E-state index contributed by atoms with van der Waals surface area (Å²) in [5.74, 6) is 1.35. The molecule has 1 saturated heterocycles. The Balaban J connectivity index is 0.00000576. The number of piperidine rings is 1. The number of nitrogens with one attached hydrogen (secondary N) is 3. The molecule has 8 heteroatoms. The van der Waals surface area contributed by atoms with Gasteiger partial charge in [0, 0.05) is 45.9 Å². The number of methoxy groups -OCH3 is 1. The highest BCUT2D eigenvalue weighted by molar-refractivity contribution is 14.0. The first-order valence-electron chi connectivity index (χ1n) is 9.08. The number of likely N-dealkylation sites (tertiary alicyclic amines) is 1. The Morgan fingerprint density at radius 2 is 1.96 bits per heavy atom. The SMILES string of the molecule is CCNC(=NCC(=O)NCCOC)NC1CCN(CC(C)C)CC1.I. The second kappa shape index (κ2) is 14.5. The van der Waals surface area contributed by atoms with Crippen molar-refractivity contribution in [2.75, 3.05) is 53.0 Å². The Morgan fingerprint density at radius 1 is 1.28 bits per heavy atom. The van der Waals surface area contributed by atoms with E-state index in [9.17, 15) is 4.79 Å². The molecular formula is C17H36IN5O2. The highest BCUT2D eigenvalue weighted by Crippen LogP contribution is 2.11. The molecule has 1 aliphatic heterocycles. The van der Waals surface area contributed by atoms with Crippen molar-refractivity contribution in [2.45, 2.75) is 39.7 Å². The predicted octanol–water partition coefficient (Wildman–Crippen LogP) is 1.04. The number of amides is 1. The number of ether oxygens (including phenoxy) is 1. The summed E-state index contributed by atoms with van der Waals surface area (Å²) in [6, 6.07) is 0.419. The molecular weight excluding hydrogens is 433 g/mol. The zero-order valence-electron chi connectivity index (χ0n) is 16.1. The number of hydrogen-bond donors (Lipinski definition) is 3. The summed E-state index contributed by atoms with van der Waals surface area (Å²) in [6.45, 7) is 11.9. The first-order chi connectivity index (χ1) is 11.5. The maximum atomic E-state index is 11.7. The maximum absolute atomic E-state index is 11.7. The molecule has 0 aliphatic carbocycles. The number of aliphatic imine (C=N–C) groups is 1. The van der Waals surface area contributed by atoms with Gasteiger partial charge < -0.3 is 25.6 Å². The van der Waals surface area contributed by atoms with Crippen LogP contribution in [0.1, 0.15) is 33.6 Å². The molecule has 0 aromatic heterocycles. The van der Waals surface area contributed by atoms with Gasteiger partial charge in [-0.3, -0.25) is 4.79 Å². The van der Waals surface area contributed by atoms with Gasteiger partial charge in [0.1, 0.15) is 6.54 Å². The Kier molecular flexibility index (Phi) is 14.2. The van der Waals surface area contributed by atoms with E-state index in [1.165, 1.54) is 6.54 Å². The Bertz CT molecular complexity index is 385. The van der Waals surface area contributed by atoms with Crippen molar-refractivity contribution in [3.05, 3.63) is 0 Å². The van der Waals surface area contributed by atoms with E-state index in [1.807, 2.05) is 6.92 Å². The molecule has 0 saturated carbocycles. The van der Waals surface area contributed by atoms with Crippen LogP contribution in [-0.4, -0.2) is 75.8 Å². The second-order valence-corrected chi connectivity index (χ2v) is 6.65. The third-order valence-electron chi connectivity index (χ3n) is 3.91. The molecule has 1 amide bonds. The monoisotopic (exact) mass is 469 g/mol. The van der Waals surface area contributed by atoms with Crippen molar-refractivity contribution in [3.8, 4) is 0 Å². The largest absolute Gasteiger partial charge is 0.383 e. The van der Waals surface area contributed by atoms with Crippen LogP contribution >= 0.6 is 24.0 Å². The number of carbonyl (C=O) groups excluding carboxylic acids is 1. The number of hydrogen-bond acceptors (Lipinski definition) is 4. The standard InChI is InChI=1S/C17H35N5O2.HI/c1-5-18-17(20-12-16(23)19-8-11-24-4)21-15-6-9-22(10-7-15)13-14(2)3;/h14-15H,5-13H2,1-4H3,(H,19,23)(H2,18,20,21);1H. The summed E-state index contributed by atoms with van der Waals surface area (Å²) in [5, 5.41) is 9.45. The van der Waals surface area contributed by atoms with Gasteiger partial charge in [0.25, 0.3) is 0 Å². The fourth-order valence-corrected chi connectivity index (χ4v) is 2.79. The molecule has 3 N–H and O–H groups in total. The Morgan fingerprint density at radius 3 is 2.52 bits per heavy atom. The third kappa shape index (κ3) is 11.6. The first kappa shape index (κ1) is 24.4. The summed E-state index contributed by atoms with van der Waals surface area (Å²) in [5.41, 5.74) is 0. The molecule has 1 heterocycles. The van der Waals surface area contributed by atoms with Gasteiger partial charge in [-0.15, -0.1) is 24.0 Å². The van der Waals surface area contributed by atoms with Gasteiger partial charge in [-0.25, -0.2) is 4.99 Å². The van der Waals surface area contributed by atoms with Gasteiger partial charge in [-0.05, 0) is 25.7 Å². The average molecular weight is 469 g/mol. The molecule has 0 radical (unpaired) electrons. The summed E-state index contributed by atoms with van der Waals surface area (Å²) in [7, 11) is 1.62. The molecule has 1 aliphatic rings. The summed E-state index contributed by atoms with van der Waals surface area (Å²) < 4.78 is 4.91. The fraction of sp³-hybridized carbons (Fsp3) is 0.882. The minimum absolute atomic E-state index is 0. The minimum Gasteiger partial charge on any atom is -0.383 e. The molecule has 1 rings (SSSR count). The van der Waals surface area contributed by atoms with Crippen LogP contribution in [-0.2, 0) is 9.53 Å². The molecule has 0 bridgehead atoms. The highest BCUT2D eigenvalue weighted by Gasteiger charge is 2.20. The lowest BCUT2D eigenvalue weighted by atomic mass is 10.0. The second-order valence-electron chi connectivity index (χ2n) is 6.65. The van der Waals surface area contributed by atoms with E-state index in [4.69, 9.17) is 4.74 Å². The van der Waals surface area contributed by atoms with Gasteiger partial charge >= 0.3 is 0 Å². The molecule has 0 aromatic carbocycles. The van der Waals surface area contributed by atoms with E-state index in [2.05, 4.69) is 39.7 Å². The Labute approximate surface area is 169 Å². The van der Waals surface area contributed by atoms with Crippen LogP contribution in [0.15, 0.2) is 4.99 Å². The van der Waals surface area contributed by atoms with Gasteiger partial charge in [0.15, 0.2) is 5.96 Å². The molecule has 0 aromatic rings. The molecule has 0 atom stereocenters. The topological polar surface area (TPSA) is 78.0 Å². The van der Waals surface area contributed by atoms with E-state index >= 15 is 0 Å². The van der Waals surface area contributed by atoms with Gasteiger partial charge in [0.05, 0.1) is 6.61 Å². The van der Waals surface area contributed by atoms with Crippen molar-refractivity contribution >= 4 is 35.8 Å². The number of rotatable bonds is 9. The first-order valence-corrected chi connectivity index (χ1v) is 9.08. The average Bonchev–Trinajstić information content (AvgIpc) is 2.54. The lowest BCUT2D eigenvalue weighted by Gasteiger charge is -2.34. The van der Waals surface area contributed by atoms with Gasteiger partial charge in [0.2, 0.25) is 5.91 Å². The van der Waals surface area contributed by atoms with Crippen LogP contribution in [0.25, 0.3) is 0 Å². The van der Waals surface area contributed by atoms with Crippen LogP contribution in [0.2, 0.25) is 0 Å². The van der Waals surface area contributed by atoms with Crippen LogP contribution in [0, 0.1) is 5.92 Å². The van der Waals surface area contributed by atoms with E-state index in [-0.39, 0.29) is 36.4 Å². The zero-order valence-corrected chi connectivity index (χ0v) is 18.5. The van der Waals surface area contributed by atoms with E-state index in [1.54, 1.807) is 7.11 Å². The quantitative estimate of drug-likeness (QED) is 0.204. The molecule has 7 nitrogen and oxygen atoms in total. The van der Waals surface area contributed by atoms with Crippen LogP contribution in [0.4, 0.5) is 0 Å². The minimum atomic E-state index is -0.0870.